The van der Waals surface area contributed by atoms with Gasteiger partial charge >= 0.3 is 0 Å². The van der Waals surface area contributed by atoms with Crippen LogP contribution in [-0.2, 0) is 25.9 Å². The van der Waals surface area contributed by atoms with E-state index in [0.29, 0.717) is 24.6 Å². The van der Waals surface area contributed by atoms with Crippen molar-refractivity contribution in [1.82, 2.24) is 4.57 Å². The van der Waals surface area contributed by atoms with Crippen molar-refractivity contribution in [2.45, 2.75) is 18.4 Å². The average Bonchev–Trinajstić information content (AvgIpc) is 3.27. The van der Waals surface area contributed by atoms with Crippen molar-refractivity contribution < 1.29 is 17.9 Å². The molecule has 0 aliphatic carbocycles. The van der Waals surface area contributed by atoms with Gasteiger partial charge < -0.3 is 9.30 Å². The normalized spacial score (nSPS) is 13.0. The molecule has 6 nitrogen and oxygen atoms in total. The van der Waals surface area contributed by atoms with Crippen molar-refractivity contribution in [3.05, 3.63) is 51.5 Å². The number of hydrogen-bond donors (Lipinski definition) is 0. The zero-order valence-electron chi connectivity index (χ0n) is 15.5. The Morgan fingerprint density at radius 2 is 2.14 bits per heavy atom. The molecule has 28 heavy (non-hydrogen) atoms. The fraction of sp³-hybridized carbons (Fsp3) is 0.263. The van der Waals surface area contributed by atoms with Crippen LogP contribution in [0, 0.1) is 0 Å². The molecule has 3 rings (SSSR count). The highest BCUT2D eigenvalue weighted by atomic mass is 32.2. The van der Waals surface area contributed by atoms with Crippen molar-refractivity contribution in [3.63, 3.8) is 0 Å². The van der Waals surface area contributed by atoms with E-state index in [1.54, 1.807) is 24.3 Å². The molecule has 0 fully saturated rings. The number of carbonyl (C=O) groups is 1. The van der Waals surface area contributed by atoms with Crippen LogP contribution in [0.4, 0.5) is 0 Å². The standard InChI is InChI=1S/C19H20N2O4S3/c1-3-25-11-10-21-16-8-7-15(28(2,23)24)13-17(16)27-19(21)20-18(22)9-6-14-5-4-12-26-14/h4-9,12-13H,3,10-11H2,1-2H3. The molecule has 2 aromatic heterocycles. The van der Waals surface area contributed by atoms with Crippen LogP contribution < -0.4 is 4.80 Å². The van der Waals surface area contributed by atoms with Crippen LogP contribution in [0.15, 0.2) is 51.7 Å². The summed E-state index contributed by atoms with van der Waals surface area (Å²) in [5, 5.41) is 1.94. The molecule has 0 radical (unpaired) electrons. The third-order valence-electron chi connectivity index (χ3n) is 3.88. The first-order valence-electron chi connectivity index (χ1n) is 8.60. The van der Waals surface area contributed by atoms with E-state index in [1.165, 1.54) is 35.0 Å². The SMILES string of the molecule is CCOCCn1c(=NC(=O)C=Cc2cccs2)sc2cc(S(C)(=O)=O)ccc21. The van der Waals surface area contributed by atoms with Crippen LogP contribution in [0.5, 0.6) is 0 Å². The Hall–Kier alpha value is -2.07. The van der Waals surface area contributed by atoms with Gasteiger partial charge in [0.25, 0.3) is 5.91 Å². The Labute approximate surface area is 171 Å². The van der Waals surface area contributed by atoms with Gasteiger partial charge in [0.05, 0.1) is 21.7 Å². The van der Waals surface area contributed by atoms with Crippen molar-refractivity contribution >= 4 is 54.7 Å². The van der Waals surface area contributed by atoms with Gasteiger partial charge in [-0.15, -0.1) is 11.3 Å². The number of thiophene rings is 1. The Kier molecular flexibility index (Phi) is 6.61. The second-order valence-corrected chi connectivity index (χ2v) is 9.94. The first kappa shape index (κ1) is 20.7. The molecule has 9 heteroatoms. The predicted molar refractivity (Wildman–Crippen MR) is 113 cm³/mol. The number of hydrogen-bond acceptors (Lipinski definition) is 6. The van der Waals surface area contributed by atoms with E-state index in [0.717, 1.165) is 15.1 Å². The van der Waals surface area contributed by atoms with Gasteiger partial charge in [-0.25, -0.2) is 8.42 Å². The lowest BCUT2D eigenvalue weighted by Crippen LogP contribution is -2.19. The van der Waals surface area contributed by atoms with Gasteiger partial charge in [0.1, 0.15) is 0 Å². The fourth-order valence-corrected chi connectivity index (χ4v) is 5.00. The Bertz CT molecular complexity index is 1170. The van der Waals surface area contributed by atoms with Crippen molar-refractivity contribution in [3.8, 4) is 0 Å². The molecule has 1 amide bonds. The van der Waals surface area contributed by atoms with Crippen LogP contribution in [0.3, 0.4) is 0 Å². The smallest absolute Gasteiger partial charge is 0.272 e. The van der Waals surface area contributed by atoms with Crippen LogP contribution in [0.25, 0.3) is 16.3 Å². The molecule has 0 spiro atoms. The summed E-state index contributed by atoms with van der Waals surface area (Å²) in [4.78, 5) is 18.3. The van der Waals surface area contributed by atoms with Crippen molar-refractivity contribution in [2.24, 2.45) is 4.99 Å². The second-order valence-electron chi connectivity index (χ2n) is 5.93. The molecule has 0 saturated heterocycles. The number of rotatable bonds is 7. The quantitative estimate of drug-likeness (QED) is 0.420. The van der Waals surface area contributed by atoms with E-state index in [4.69, 9.17) is 4.74 Å². The average molecular weight is 437 g/mol. The second kappa shape index (κ2) is 8.95. The number of ether oxygens (including phenoxy) is 1. The van der Waals surface area contributed by atoms with Gasteiger partial charge in [-0.3, -0.25) is 4.79 Å². The van der Waals surface area contributed by atoms with Crippen molar-refractivity contribution in [2.75, 3.05) is 19.5 Å². The molecule has 2 heterocycles. The van der Waals surface area contributed by atoms with E-state index in [1.807, 2.05) is 29.0 Å². The highest BCUT2D eigenvalue weighted by Gasteiger charge is 2.12. The van der Waals surface area contributed by atoms with Gasteiger partial charge in [-0.1, -0.05) is 17.4 Å². The molecule has 3 aromatic rings. The molecule has 0 atom stereocenters. The molecule has 0 N–H and O–H groups in total. The first-order valence-corrected chi connectivity index (χ1v) is 12.2. The molecule has 0 aliphatic rings. The van der Waals surface area contributed by atoms with E-state index < -0.39 is 9.84 Å². The molecule has 148 valence electrons. The zero-order chi connectivity index (χ0) is 20.1. The van der Waals surface area contributed by atoms with E-state index >= 15 is 0 Å². The Morgan fingerprint density at radius 1 is 1.32 bits per heavy atom. The van der Waals surface area contributed by atoms with Gasteiger partial charge in [-0.2, -0.15) is 4.99 Å². The van der Waals surface area contributed by atoms with Crippen LogP contribution in [0.1, 0.15) is 11.8 Å². The lowest BCUT2D eigenvalue weighted by atomic mass is 10.3. The maximum Gasteiger partial charge on any atom is 0.272 e. The molecule has 1 aromatic carbocycles. The summed E-state index contributed by atoms with van der Waals surface area (Å²) in [6, 6.07) is 8.78. The van der Waals surface area contributed by atoms with Crippen LogP contribution >= 0.6 is 22.7 Å². The first-order chi connectivity index (χ1) is 13.4. The fourth-order valence-electron chi connectivity index (χ4n) is 2.56. The van der Waals surface area contributed by atoms with Gasteiger partial charge in [0.2, 0.25) is 0 Å². The lowest BCUT2D eigenvalue weighted by Gasteiger charge is -2.05. The van der Waals surface area contributed by atoms with E-state index in [-0.39, 0.29) is 10.8 Å². The maximum atomic E-state index is 12.3. The maximum absolute atomic E-state index is 12.3. The summed E-state index contributed by atoms with van der Waals surface area (Å²) < 4.78 is 31.8. The summed E-state index contributed by atoms with van der Waals surface area (Å²) in [6.07, 6.45) is 4.34. The van der Waals surface area contributed by atoms with Gasteiger partial charge in [0.15, 0.2) is 14.6 Å². The number of thiazole rings is 1. The topological polar surface area (TPSA) is 77.7 Å². The summed E-state index contributed by atoms with van der Waals surface area (Å²) in [7, 11) is -3.31. The minimum Gasteiger partial charge on any atom is -0.380 e. The number of benzene rings is 1. The highest BCUT2D eigenvalue weighted by molar-refractivity contribution is 7.90. The van der Waals surface area contributed by atoms with E-state index in [2.05, 4.69) is 4.99 Å². The number of fused-ring (bicyclic) bond motifs is 1. The van der Waals surface area contributed by atoms with Gasteiger partial charge in [-0.05, 0) is 42.6 Å². The van der Waals surface area contributed by atoms with E-state index in [9.17, 15) is 13.2 Å². The molecule has 0 saturated carbocycles. The van der Waals surface area contributed by atoms with Gasteiger partial charge in [0, 0.05) is 30.4 Å². The molecule has 0 unspecified atom stereocenters. The lowest BCUT2D eigenvalue weighted by molar-refractivity contribution is -0.113. The third kappa shape index (κ3) is 5.05. The molecular weight excluding hydrogens is 416 g/mol. The molecule has 0 aliphatic heterocycles. The van der Waals surface area contributed by atoms with Crippen molar-refractivity contribution in [1.29, 1.82) is 0 Å². The summed E-state index contributed by atoms with van der Waals surface area (Å²) >= 11 is 2.83. The monoisotopic (exact) mass is 436 g/mol. The number of sulfone groups is 1. The zero-order valence-corrected chi connectivity index (χ0v) is 17.9. The van der Waals surface area contributed by atoms with Crippen LogP contribution in [0.2, 0.25) is 0 Å². The molecular formula is C19H20N2O4S3. The Balaban J connectivity index is 2.02. The number of amides is 1. The minimum atomic E-state index is -3.31. The third-order valence-corrected chi connectivity index (χ3v) is 6.87. The number of carbonyl (C=O) groups excluding carboxylic acids is 1. The Morgan fingerprint density at radius 3 is 2.82 bits per heavy atom. The molecule has 0 bridgehead atoms. The minimum absolute atomic E-state index is 0.244. The highest BCUT2D eigenvalue weighted by Crippen LogP contribution is 2.22. The number of aromatic nitrogens is 1. The predicted octanol–water partition coefficient (Wildman–Crippen LogP) is 3.35. The van der Waals surface area contributed by atoms with Crippen LogP contribution in [-0.4, -0.2) is 38.4 Å². The summed E-state index contributed by atoms with van der Waals surface area (Å²) in [5.41, 5.74) is 0.825. The summed E-state index contributed by atoms with van der Waals surface area (Å²) in [5.74, 6) is -0.367. The largest absolute Gasteiger partial charge is 0.380 e. The number of nitrogens with zero attached hydrogens (tertiary/aromatic N) is 2. The summed E-state index contributed by atoms with van der Waals surface area (Å²) in [6.45, 7) is 3.50.